The van der Waals surface area contributed by atoms with Crippen molar-refractivity contribution in [1.29, 1.82) is 0 Å². The van der Waals surface area contributed by atoms with Crippen LogP contribution in [0.25, 0.3) is 11.3 Å². The SMILES string of the molecule is COC(=O)c1cccc(S(=O)(=O)Nc2cccc(-c3csc(C)n3)c2)c1. The van der Waals surface area contributed by atoms with E-state index in [0.717, 1.165) is 16.3 Å². The Hall–Kier alpha value is -2.71. The Morgan fingerprint density at radius 2 is 1.92 bits per heavy atom. The number of anilines is 1. The number of methoxy groups -OCH3 is 1. The van der Waals surface area contributed by atoms with Crippen molar-refractivity contribution in [1.82, 2.24) is 4.98 Å². The summed E-state index contributed by atoms with van der Waals surface area (Å²) < 4.78 is 32.4. The fraction of sp³-hybridized carbons (Fsp3) is 0.111. The summed E-state index contributed by atoms with van der Waals surface area (Å²) >= 11 is 1.53. The molecule has 0 atom stereocenters. The van der Waals surface area contributed by atoms with Gasteiger partial charge in [-0.15, -0.1) is 11.3 Å². The van der Waals surface area contributed by atoms with E-state index >= 15 is 0 Å². The van der Waals surface area contributed by atoms with E-state index in [1.807, 2.05) is 18.4 Å². The van der Waals surface area contributed by atoms with Gasteiger partial charge in [0.25, 0.3) is 10.0 Å². The molecule has 26 heavy (non-hydrogen) atoms. The third kappa shape index (κ3) is 3.92. The highest BCUT2D eigenvalue weighted by Crippen LogP contribution is 2.25. The molecule has 1 aromatic heterocycles. The molecule has 0 bridgehead atoms. The second-order valence-corrected chi connectivity index (χ2v) is 8.20. The molecule has 3 aromatic rings. The lowest BCUT2D eigenvalue weighted by atomic mass is 10.1. The summed E-state index contributed by atoms with van der Waals surface area (Å²) in [6.45, 7) is 1.91. The number of nitrogens with one attached hydrogen (secondary N) is 1. The van der Waals surface area contributed by atoms with Crippen LogP contribution in [0.5, 0.6) is 0 Å². The number of sulfonamides is 1. The second-order valence-electron chi connectivity index (χ2n) is 5.46. The molecule has 0 spiro atoms. The fourth-order valence-electron chi connectivity index (χ4n) is 2.36. The first-order valence-corrected chi connectivity index (χ1v) is 9.99. The van der Waals surface area contributed by atoms with Gasteiger partial charge in [-0.1, -0.05) is 18.2 Å². The average Bonchev–Trinajstić information content (AvgIpc) is 3.07. The summed E-state index contributed by atoms with van der Waals surface area (Å²) in [5.41, 5.74) is 2.19. The van der Waals surface area contributed by atoms with E-state index in [1.165, 1.54) is 42.7 Å². The quantitative estimate of drug-likeness (QED) is 0.674. The van der Waals surface area contributed by atoms with Gasteiger partial charge >= 0.3 is 5.97 Å². The highest BCUT2D eigenvalue weighted by atomic mass is 32.2. The maximum Gasteiger partial charge on any atom is 0.337 e. The van der Waals surface area contributed by atoms with Crippen LogP contribution in [0.15, 0.2) is 58.8 Å². The number of aromatic nitrogens is 1. The summed E-state index contributed by atoms with van der Waals surface area (Å²) in [5.74, 6) is -0.594. The summed E-state index contributed by atoms with van der Waals surface area (Å²) in [5, 5.41) is 2.86. The largest absolute Gasteiger partial charge is 0.465 e. The summed E-state index contributed by atoms with van der Waals surface area (Å²) in [7, 11) is -2.60. The summed E-state index contributed by atoms with van der Waals surface area (Å²) in [6, 6.07) is 12.7. The standard InChI is InChI=1S/C18H16N2O4S2/c1-12-19-17(11-25-12)13-5-3-7-15(9-13)20-26(22,23)16-8-4-6-14(10-16)18(21)24-2/h3-11,20H,1-2H3. The topological polar surface area (TPSA) is 85.4 Å². The number of ether oxygens (including phenoxy) is 1. The number of thiazole rings is 1. The second kappa shape index (κ2) is 7.27. The number of rotatable bonds is 5. The molecule has 134 valence electrons. The van der Waals surface area contributed by atoms with Gasteiger partial charge in [-0.2, -0.15) is 0 Å². The maximum absolute atomic E-state index is 12.6. The molecule has 8 heteroatoms. The van der Waals surface area contributed by atoms with Crippen molar-refractivity contribution in [2.75, 3.05) is 11.8 Å². The Morgan fingerprint density at radius 3 is 2.62 bits per heavy atom. The van der Waals surface area contributed by atoms with Crippen molar-refractivity contribution in [2.45, 2.75) is 11.8 Å². The zero-order chi connectivity index (χ0) is 18.7. The molecule has 6 nitrogen and oxygen atoms in total. The van der Waals surface area contributed by atoms with Crippen molar-refractivity contribution in [3.63, 3.8) is 0 Å². The van der Waals surface area contributed by atoms with Crippen molar-refractivity contribution >= 4 is 33.0 Å². The molecule has 0 saturated carbocycles. The van der Waals surface area contributed by atoms with Crippen LogP contribution in [0.2, 0.25) is 0 Å². The van der Waals surface area contributed by atoms with Gasteiger partial charge in [0.1, 0.15) is 0 Å². The molecule has 0 saturated heterocycles. The maximum atomic E-state index is 12.6. The molecule has 1 heterocycles. The van der Waals surface area contributed by atoms with Gasteiger partial charge in [0.2, 0.25) is 0 Å². The number of carbonyl (C=O) groups excluding carboxylic acids is 1. The van der Waals surface area contributed by atoms with E-state index in [4.69, 9.17) is 0 Å². The molecular formula is C18H16N2O4S2. The van der Waals surface area contributed by atoms with Crippen molar-refractivity contribution in [2.24, 2.45) is 0 Å². The molecule has 2 aromatic carbocycles. The van der Waals surface area contributed by atoms with E-state index in [2.05, 4.69) is 14.4 Å². The van der Waals surface area contributed by atoms with Gasteiger partial charge in [-0.3, -0.25) is 4.72 Å². The number of benzene rings is 2. The van der Waals surface area contributed by atoms with E-state index in [0.29, 0.717) is 5.69 Å². The number of esters is 1. The van der Waals surface area contributed by atoms with Crippen LogP contribution >= 0.6 is 11.3 Å². The van der Waals surface area contributed by atoms with E-state index < -0.39 is 16.0 Å². The monoisotopic (exact) mass is 388 g/mol. The van der Waals surface area contributed by atoms with Crippen LogP contribution in [0.4, 0.5) is 5.69 Å². The Balaban J connectivity index is 1.89. The molecule has 0 unspecified atom stereocenters. The summed E-state index contributed by atoms with van der Waals surface area (Å²) in [6.07, 6.45) is 0. The van der Waals surface area contributed by atoms with Crippen LogP contribution in [0.3, 0.4) is 0 Å². The van der Waals surface area contributed by atoms with Crippen molar-refractivity contribution < 1.29 is 17.9 Å². The predicted octanol–water partition coefficient (Wildman–Crippen LogP) is 3.71. The number of hydrogen-bond donors (Lipinski definition) is 1. The Morgan fingerprint density at radius 1 is 1.15 bits per heavy atom. The van der Waals surface area contributed by atoms with Crippen LogP contribution in [-0.2, 0) is 14.8 Å². The van der Waals surface area contributed by atoms with Gasteiger partial charge in [0, 0.05) is 16.6 Å². The molecule has 1 N–H and O–H groups in total. The van der Waals surface area contributed by atoms with Gasteiger partial charge in [-0.05, 0) is 37.3 Å². The van der Waals surface area contributed by atoms with Crippen LogP contribution in [0, 0.1) is 6.92 Å². The Labute approximate surface area is 155 Å². The van der Waals surface area contributed by atoms with E-state index in [1.54, 1.807) is 18.2 Å². The first-order chi connectivity index (χ1) is 12.4. The van der Waals surface area contributed by atoms with Crippen molar-refractivity contribution in [3.8, 4) is 11.3 Å². The number of hydrogen-bond acceptors (Lipinski definition) is 6. The highest BCUT2D eigenvalue weighted by Gasteiger charge is 2.17. The first kappa shape index (κ1) is 18.1. The van der Waals surface area contributed by atoms with Gasteiger partial charge in [0.15, 0.2) is 0 Å². The van der Waals surface area contributed by atoms with Crippen LogP contribution in [0.1, 0.15) is 15.4 Å². The number of nitrogens with zero attached hydrogens (tertiary/aromatic N) is 1. The molecule has 0 radical (unpaired) electrons. The molecule has 0 aliphatic heterocycles. The third-order valence-electron chi connectivity index (χ3n) is 3.59. The molecule has 0 aliphatic rings. The third-order valence-corrected chi connectivity index (χ3v) is 5.75. The average molecular weight is 388 g/mol. The van der Waals surface area contributed by atoms with Crippen LogP contribution in [-0.4, -0.2) is 26.5 Å². The molecule has 0 fully saturated rings. The fourth-order valence-corrected chi connectivity index (χ4v) is 4.08. The normalized spacial score (nSPS) is 11.2. The lowest BCUT2D eigenvalue weighted by molar-refractivity contribution is 0.0600. The highest BCUT2D eigenvalue weighted by molar-refractivity contribution is 7.92. The summed E-state index contributed by atoms with van der Waals surface area (Å²) in [4.78, 5) is 16.0. The first-order valence-electron chi connectivity index (χ1n) is 7.63. The predicted molar refractivity (Wildman–Crippen MR) is 101 cm³/mol. The Bertz CT molecular complexity index is 1060. The zero-order valence-corrected chi connectivity index (χ0v) is 15.7. The molecule has 0 amide bonds. The Kier molecular flexibility index (Phi) is 5.06. The molecule has 0 aliphatic carbocycles. The van der Waals surface area contributed by atoms with Crippen LogP contribution < -0.4 is 4.72 Å². The lowest BCUT2D eigenvalue weighted by Gasteiger charge is -2.10. The minimum Gasteiger partial charge on any atom is -0.465 e. The van der Waals surface area contributed by atoms with Gasteiger partial charge in [-0.25, -0.2) is 18.2 Å². The number of aryl methyl sites for hydroxylation is 1. The molecule has 3 rings (SSSR count). The van der Waals surface area contributed by atoms with E-state index in [9.17, 15) is 13.2 Å². The number of carbonyl (C=O) groups is 1. The zero-order valence-electron chi connectivity index (χ0n) is 14.1. The minimum atomic E-state index is -3.85. The minimum absolute atomic E-state index is 0.0182. The van der Waals surface area contributed by atoms with Gasteiger partial charge in [0.05, 0.1) is 28.3 Å². The smallest absolute Gasteiger partial charge is 0.337 e. The molecular weight excluding hydrogens is 372 g/mol. The lowest BCUT2D eigenvalue weighted by Crippen LogP contribution is -2.14. The van der Waals surface area contributed by atoms with Gasteiger partial charge < -0.3 is 4.74 Å². The van der Waals surface area contributed by atoms with E-state index in [-0.39, 0.29) is 10.5 Å². The van der Waals surface area contributed by atoms with Crippen molar-refractivity contribution in [3.05, 3.63) is 64.5 Å².